The van der Waals surface area contributed by atoms with E-state index in [1.54, 1.807) is 18.3 Å². The first kappa shape index (κ1) is 10.9. The van der Waals surface area contributed by atoms with Gasteiger partial charge in [-0.15, -0.1) is 5.10 Å². The minimum Gasteiger partial charge on any atom is -0.318 e. The van der Waals surface area contributed by atoms with Gasteiger partial charge in [-0.05, 0) is 12.1 Å². The van der Waals surface area contributed by atoms with E-state index in [1.165, 1.54) is 0 Å². The lowest BCUT2D eigenvalue weighted by Crippen LogP contribution is -2.22. The molecule has 0 spiro atoms. The monoisotopic (exact) mass is 235 g/mol. The van der Waals surface area contributed by atoms with E-state index in [0.29, 0.717) is 6.42 Å². The number of nitrogens with zero attached hydrogens (tertiary/aromatic N) is 2. The van der Waals surface area contributed by atoms with Crippen LogP contribution in [0.5, 0.6) is 0 Å². The van der Waals surface area contributed by atoms with Gasteiger partial charge in [-0.1, -0.05) is 30.4 Å². The van der Waals surface area contributed by atoms with Gasteiger partial charge in [0.05, 0.1) is 10.2 Å². The fraction of sp³-hybridized carbons (Fsp3) is 0.273. The zero-order valence-corrected chi connectivity index (χ0v) is 10.0. The summed E-state index contributed by atoms with van der Waals surface area (Å²) in [7, 11) is 1.94. The van der Waals surface area contributed by atoms with E-state index < -0.39 is 0 Å². The molecule has 0 aliphatic heterocycles. The summed E-state index contributed by atoms with van der Waals surface area (Å²) >= 11 is 1.56. The quantitative estimate of drug-likeness (QED) is 0.789. The van der Waals surface area contributed by atoms with Crippen molar-refractivity contribution in [2.75, 3.05) is 0 Å². The zero-order valence-electron chi connectivity index (χ0n) is 9.23. The maximum atomic E-state index is 11.1. The van der Waals surface area contributed by atoms with Gasteiger partial charge in [0.15, 0.2) is 0 Å². The van der Waals surface area contributed by atoms with E-state index >= 15 is 0 Å². The molecule has 0 fully saturated rings. The first-order chi connectivity index (χ1) is 7.72. The number of para-hydroxylation sites is 1. The molecular formula is C11H13N3OS. The molecule has 0 aliphatic rings. The third-order valence-corrected chi connectivity index (χ3v) is 3.43. The van der Waals surface area contributed by atoms with Crippen LogP contribution in [-0.4, -0.2) is 10.5 Å². The molecule has 0 atom stereocenters. The van der Waals surface area contributed by atoms with Gasteiger partial charge in [0.2, 0.25) is 10.7 Å². The number of aromatic nitrogens is 1. The smallest absolute Gasteiger partial charge is 0.239 e. The van der Waals surface area contributed by atoms with Crippen molar-refractivity contribution in [2.24, 2.45) is 12.1 Å². The number of hydrogen-bond donors (Lipinski definition) is 1. The standard InChI is InChI=1S/C11H13N3OS/c1-3-10(15)12-13-11-14(2)8-6-4-5-7-9(8)16-11/h4-7H,3H2,1-2H3,(H,12,15)/b13-11-. The van der Waals surface area contributed by atoms with Crippen LogP contribution >= 0.6 is 11.3 Å². The lowest BCUT2D eigenvalue weighted by molar-refractivity contribution is -0.120. The first-order valence-electron chi connectivity index (χ1n) is 5.09. The fourth-order valence-corrected chi connectivity index (χ4v) is 2.36. The van der Waals surface area contributed by atoms with Gasteiger partial charge >= 0.3 is 0 Å². The van der Waals surface area contributed by atoms with Crippen molar-refractivity contribution in [2.45, 2.75) is 13.3 Å². The van der Waals surface area contributed by atoms with Crippen molar-refractivity contribution in [3.8, 4) is 0 Å². The molecule has 16 heavy (non-hydrogen) atoms. The van der Waals surface area contributed by atoms with Crippen molar-refractivity contribution in [1.29, 1.82) is 0 Å². The molecule has 5 heteroatoms. The molecule has 1 N–H and O–H groups in total. The molecule has 2 aromatic rings. The van der Waals surface area contributed by atoms with E-state index in [0.717, 1.165) is 15.0 Å². The molecular weight excluding hydrogens is 222 g/mol. The summed E-state index contributed by atoms with van der Waals surface area (Å²) in [6, 6.07) is 8.06. The highest BCUT2D eigenvalue weighted by atomic mass is 32.1. The van der Waals surface area contributed by atoms with Crippen LogP contribution < -0.4 is 10.2 Å². The number of fused-ring (bicyclic) bond motifs is 1. The Hall–Kier alpha value is -1.62. The Labute approximate surface area is 97.2 Å². The predicted octanol–water partition coefficient (Wildman–Crippen LogP) is 1.58. The highest BCUT2D eigenvalue weighted by Gasteiger charge is 2.01. The number of aryl methyl sites for hydroxylation is 1. The van der Waals surface area contributed by atoms with E-state index in [1.807, 2.05) is 35.9 Å². The van der Waals surface area contributed by atoms with Crippen LogP contribution in [0.25, 0.3) is 10.2 Å². The average Bonchev–Trinajstić information content (AvgIpc) is 2.64. The number of hydrogen-bond acceptors (Lipinski definition) is 3. The number of rotatable bonds is 2. The molecule has 4 nitrogen and oxygen atoms in total. The molecule has 0 aliphatic carbocycles. The zero-order chi connectivity index (χ0) is 11.5. The Morgan fingerprint density at radius 2 is 2.25 bits per heavy atom. The molecule has 1 aromatic heterocycles. The summed E-state index contributed by atoms with van der Waals surface area (Å²) < 4.78 is 3.13. The van der Waals surface area contributed by atoms with E-state index in [9.17, 15) is 4.79 Å². The summed E-state index contributed by atoms with van der Waals surface area (Å²) in [5.74, 6) is -0.0718. The molecule has 0 saturated carbocycles. The topological polar surface area (TPSA) is 46.4 Å². The van der Waals surface area contributed by atoms with Crippen LogP contribution in [0.2, 0.25) is 0 Å². The van der Waals surface area contributed by atoms with Crippen molar-refractivity contribution < 1.29 is 4.79 Å². The van der Waals surface area contributed by atoms with Crippen LogP contribution in [0, 0.1) is 0 Å². The number of carbonyl (C=O) groups is 1. The highest BCUT2D eigenvalue weighted by molar-refractivity contribution is 7.16. The fourth-order valence-electron chi connectivity index (χ4n) is 1.38. The number of nitrogens with one attached hydrogen (secondary N) is 1. The predicted molar refractivity (Wildman–Crippen MR) is 64.8 cm³/mol. The Morgan fingerprint density at radius 3 is 2.94 bits per heavy atom. The van der Waals surface area contributed by atoms with Crippen LogP contribution in [0.15, 0.2) is 29.4 Å². The molecule has 84 valence electrons. The molecule has 1 heterocycles. The van der Waals surface area contributed by atoms with Gasteiger partial charge in [0.25, 0.3) is 0 Å². The average molecular weight is 235 g/mol. The molecule has 0 unspecified atom stereocenters. The Kier molecular flexibility index (Phi) is 3.05. The van der Waals surface area contributed by atoms with E-state index in [2.05, 4.69) is 10.5 Å². The Bertz CT molecular complexity index is 582. The summed E-state index contributed by atoms with van der Waals surface area (Å²) in [4.78, 5) is 11.9. The SMILES string of the molecule is CCC(=O)N/N=c1\sc2ccccc2n1C. The molecule has 0 radical (unpaired) electrons. The molecule has 2 rings (SSSR count). The molecule has 1 aromatic carbocycles. The summed E-state index contributed by atoms with van der Waals surface area (Å²) in [6.07, 6.45) is 0.443. The van der Waals surface area contributed by atoms with Crippen LogP contribution in [0.4, 0.5) is 0 Å². The minimum absolute atomic E-state index is 0.0718. The normalized spacial score (nSPS) is 12.0. The maximum absolute atomic E-state index is 11.1. The molecule has 1 amide bonds. The van der Waals surface area contributed by atoms with E-state index in [4.69, 9.17) is 0 Å². The lowest BCUT2D eigenvalue weighted by atomic mass is 10.3. The highest BCUT2D eigenvalue weighted by Crippen LogP contribution is 2.14. The summed E-state index contributed by atoms with van der Waals surface area (Å²) in [5, 5.41) is 4.10. The summed E-state index contributed by atoms with van der Waals surface area (Å²) in [6.45, 7) is 1.80. The van der Waals surface area contributed by atoms with Crippen molar-refractivity contribution in [1.82, 2.24) is 9.99 Å². The number of carbonyl (C=O) groups excluding carboxylic acids is 1. The van der Waals surface area contributed by atoms with Gasteiger partial charge < -0.3 is 4.57 Å². The largest absolute Gasteiger partial charge is 0.318 e. The van der Waals surface area contributed by atoms with Gasteiger partial charge in [-0.2, -0.15) is 0 Å². The third-order valence-electron chi connectivity index (χ3n) is 2.31. The Balaban J connectivity index is 2.45. The second kappa shape index (κ2) is 4.49. The number of thiazole rings is 1. The van der Waals surface area contributed by atoms with Gasteiger partial charge in [0.1, 0.15) is 0 Å². The second-order valence-corrected chi connectivity index (χ2v) is 4.42. The summed E-state index contributed by atoms with van der Waals surface area (Å²) in [5.41, 5.74) is 3.65. The molecule has 0 bridgehead atoms. The van der Waals surface area contributed by atoms with Crippen molar-refractivity contribution in [3.63, 3.8) is 0 Å². The van der Waals surface area contributed by atoms with Crippen molar-refractivity contribution >= 4 is 27.5 Å². The van der Waals surface area contributed by atoms with Gasteiger partial charge in [0, 0.05) is 13.5 Å². The van der Waals surface area contributed by atoms with Gasteiger partial charge in [-0.3, -0.25) is 4.79 Å². The van der Waals surface area contributed by atoms with E-state index in [-0.39, 0.29) is 5.91 Å². The Morgan fingerprint density at radius 1 is 1.50 bits per heavy atom. The van der Waals surface area contributed by atoms with Crippen LogP contribution in [0.1, 0.15) is 13.3 Å². The maximum Gasteiger partial charge on any atom is 0.239 e. The first-order valence-corrected chi connectivity index (χ1v) is 5.91. The third kappa shape index (κ3) is 1.99. The molecule has 0 saturated heterocycles. The van der Waals surface area contributed by atoms with Crippen LogP contribution in [-0.2, 0) is 11.8 Å². The lowest BCUT2D eigenvalue weighted by Gasteiger charge is -1.95. The second-order valence-electron chi connectivity index (χ2n) is 3.41. The van der Waals surface area contributed by atoms with Crippen molar-refractivity contribution in [3.05, 3.63) is 29.1 Å². The van der Waals surface area contributed by atoms with Crippen LogP contribution in [0.3, 0.4) is 0 Å². The number of amides is 1. The number of benzene rings is 1. The minimum atomic E-state index is -0.0718. The van der Waals surface area contributed by atoms with Gasteiger partial charge in [-0.25, -0.2) is 5.43 Å².